The maximum absolute atomic E-state index is 12.8. The molecule has 0 spiro atoms. The SMILES string of the molecule is C#CCn1c(=NC(=O)c2ccc(Oc3ccccc3)cc2)sc2cc(S(C)(=O)=O)ccc21. The fourth-order valence-electron chi connectivity index (χ4n) is 3.06. The highest BCUT2D eigenvalue weighted by molar-refractivity contribution is 7.90. The number of hydrogen-bond acceptors (Lipinski definition) is 5. The molecule has 0 radical (unpaired) electrons. The van der Waals surface area contributed by atoms with E-state index in [9.17, 15) is 13.2 Å². The van der Waals surface area contributed by atoms with Gasteiger partial charge in [-0.25, -0.2) is 8.42 Å². The predicted octanol–water partition coefficient (Wildman–Crippen LogP) is 4.27. The Balaban J connectivity index is 1.67. The second kappa shape index (κ2) is 8.83. The van der Waals surface area contributed by atoms with Crippen LogP contribution < -0.4 is 9.54 Å². The number of sulfone groups is 1. The fourth-order valence-corrected chi connectivity index (χ4v) is 4.84. The molecule has 8 heteroatoms. The van der Waals surface area contributed by atoms with Gasteiger partial charge >= 0.3 is 0 Å². The van der Waals surface area contributed by atoms with Crippen LogP contribution in [0.2, 0.25) is 0 Å². The van der Waals surface area contributed by atoms with Gasteiger partial charge in [-0.2, -0.15) is 4.99 Å². The van der Waals surface area contributed by atoms with E-state index in [1.165, 1.54) is 17.4 Å². The van der Waals surface area contributed by atoms with Gasteiger partial charge in [-0.05, 0) is 54.6 Å². The van der Waals surface area contributed by atoms with E-state index in [4.69, 9.17) is 11.2 Å². The van der Waals surface area contributed by atoms with Crippen molar-refractivity contribution >= 4 is 37.3 Å². The number of hydrogen-bond donors (Lipinski definition) is 0. The van der Waals surface area contributed by atoms with Crippen LogP contribution in [0.15, 0.2) is 82.7 Å². The molecular weight excluding hydrogens is 444 g/mol. The Morgan fingerprint density at radius 1 is 1.06 bits per heavy atom. The van der Waals surface area contributed by atoms with E-state index in [1.807, 2.05) is 30.3 Å². The van der Waals surface area contributed by atoms with Crippen LogP contribution in [-0.2, 0) is 16.4 Å². The minimum Gasteiger partial charge on any atom is -0.457 e. The van der Waals surface area contributed by atoms with Crippen LogP contribution in [-0.4, -0.2) is 25.1 Å². The Morgan fingerprint density at radius 3 is 2.41 bits per heavy atom. The van der Waals surface area contributed by atoms with Crippen molar-refractivity contribution in [2.75, 3.05) is 6.26 Å². The lowest BCUT2D eigenvalue weighted by Crippen LogP contribution is -2.16. The van der Waals surface area contributed by atoms with Crippen molar-refractivity contribution in [3.63, 3.8) is 0 Å². The molecule has 1 amide bonds. The molecule has 0 atom stereocenters. The zero-order chi connectivity index (χ0) is 22.7. The van der Waals surface area contributed by atoms with Crippen LogP contribution in [0.1, 0.15) is 10.4 Å². The van der Waals surface area contributed by atoms with Gasteiger partial charge in [0.05, 0.1) is 21.7 Å². The van der Waals surface area contributed by atoms with Crippen LogP contribution in [0.25, 0.3) is 10.2 Å². The van der Waals surface area contributed by atoms with Gasteiger partial charge < -0.3 is 9.30 Å². The van der Waals surface area contributed by atoms with Gasteiger partial charge in [0.2, 0.25) is 0 Å². The number of fused-ring (bicyclic) bond motifs is 1. The molecule has 6 nitrogen and oxygen atoms in total. The highest BCUT2D eigenvalue weighted by atomic mass is 32.2. The first kappa shape index (κ1) is 21.6. The second-order valence-electron chi connectivity index (χ2n) is 6.93. The summed E-state index contributed by atoms with van der Waals surface area (Å²) in [5, 5.41) is 0. The summed E-state index contributed by atoms with van der Waals surface area (Å²) in [5.41, 5.74) is 1.12. The first-order valence-electron chi connectivity index (χ1n) is 9.54. The Hall–Kier alpha value is -3.67. The number of nitrogens with zero attached hydrogens (tertiary/aromatic N) is 2. The molecule has 0 unspecified atom stereocenters. The zero-order valence-corrected chi connectivity index (χ0v) is 18.7. The number of benzene rings is 3. The van der Waals surface area contributed by atoms with Crippen molar-refractivity contribution in [3.8, 4) is 23.8 Å². The molecule has 0 saturated heterocycles. The third-order valence-corrected chi connectivity index (χ3v) is 6.76. The lowest BCUT2D eigenvalue weighted by Gasteiger charge is -2.05. The van der Waals surface area contributed by atoms with Crippen LogP contribution >= 0.6 is 11.3 Å². The second-order valence-corrected chi connectivity index (χ2v) is 9.96. The molecule has 4 aromatic rings. The van der Waals surface area contributed by atoms with Crippen LogP contribution in [0, 0.1) is 12.3 Å². The van der Waals surface area contributed by atoms with E-state index in [1.54, 1.807) is 41.0 Å². The number of rotatable bonds is 5. The number of thiazole rings is 1. The lowest BCUT2D eigenvalue weighted by atomic mass is 10.2. The molecule has 0 aliphatic carbocycles. The third-order valence-electron chi connectivity index (χ3n) is 4.61. The van der Waals surface area contributed by atoms with E-state index < -0.39 is 15.7 Å². The summed E-state index contributed by atoms with van der Waals surface area (Å²) in [5.74, 6) is 3.42. The van der Waals surface area contributed by atoms with E-state index >= 15 is 0 Å². The van der Waals surface area contributed by atoms with Gasteiger partial charge in [0.1, 0.15) is 11.5 Å². The summed E-state index contributed by atoms with van der Waals surface area (Å²) < 4.78 is 31.9. The quantitative estimate of drug-likeness (QED) is 0.415. The maximum Gasteiger partial charge on any atom is 0.279 e. The molecule has 1 heterocycles. The van der Waals surface area contributed by atoms with E-state index in [0.717, 1.165) is 11.8 Å². The third kappa shape index (κ3) is 4.64. The number of para-hydroxylation sites is 1. The average molecular weight is 463 g/mol. The van der Waals surface area contributed by atoms with Crippen LogP contribution in [0.3, 0.4) is 0 Å². The Bertz CT molecular complexity index is 1510. The van der Waals surface area contributed by atoms with Gasteiger partial charge in [-0.15, -0.1) is 6.42 Å². The highest BCUT2D eigenvalue weighted by Crippen LogP contribution is 2.23. The molecule has 32 heavy (non-hydrogen) atoms. The average Bonchev–Trinajstić information content (AvgIpc) is 3.11. The molecule has 1 aromatic heterocycles. The first-order chi connectivity index (χ1) is 15.3. The van der Waals surface area contributed by atoms with Crippen LogP contribution in [0.4, 0.5) is 0 Å². The smallest absolute Gasteiger partial charge is 0.279 e. The molecule has 0 N–H and O–H groups in total. The van der Waals surface area contributed by atoms with Crippen molar-refractivity contribution in [3.05, 3.63) is 83.2 Å². The van der Waals surface area contributed by atoms with Gasteiger partial charge in [-0.3, -0.25) is 4.79 Å². The monoisotopic (exact) mass is 462 g/mol. The summed E-state index contributed by atoms with van der Waals surface area (Å²) in [6.45, 7) is 0.203. The minimum atomic E-state index is -3.36. The number of carbonyl (C=O) groups is 1. The summed E-state index contributed by atoms with van der Waals surface area (Å²) in [6, 6.07) is 20.8. The summed E-state index contributed by atoms with van der Waals surface area (Å²) in [6.07, 6.45) is 6.65. The van der Waals surface area contributed by atoms with Crippen molar-refractivity contribution in [2.45, 2.75) is 11.4 Å². The summed E-state index contributed by atoms with van der Waals surface area (Å²) in [7, 11) is -3.36. The Labute approximate surface area is 189 Å². The topological polar surface area (TPSA) is 77.7 Å². The highest BCUT2D eigenvalue weighted by Gasteiger charge is 2.13. The summed E-state index contributed by atoms with van der Waals surface area (Å²) >= 11 is 1.21. The van der Waals surface area contributed by atoms with Gasteiger partial charge in [-0.1, -0.05) is 35.5 Å². The number of aromatic nitrogens is 1. The predicted molar refractivity (Wildman–Crippen MR) is 125 cm³/mol. The lowest BCUT2D eigenvalue weighted by molar-refractivity contribution is 0.0998. The normalized spacial score (nSPS) is 11.9. The summed E-state index contributed by atoms with van der Waals surface area (Å²) in [4.78, 5) is 17.6. The molecule has 160 valence electrons. The van der Waals surface area contributed by atoms with Crippen molar-refractivity contribution in [1.82, 2.24) is 4.57 Å². The molecule has 0 bridgehead atoms. The molecule has 0 aliphatic rings. The fraction of sp³-hybridized carbons (Fsp3) is 0.0833. The molecular formula is C24H18N2O4S2. The number of terminal acetylenes is 1. The number of carbonyl (C=O) groups excluding carboxylic acids is 1. The molecule has 0 saturated carbocycles. The van der Waals surface area contributed by atoms with Crippen molar-refractivity contribution in [2.24, 2.45) is 4.99 Å². The van der Waals surface area contributed by atoms with E-state index in [0.29, 0.717) is 26.6 Å². The molecule has 0 aliphatic heterocycles. The van der Waals surface area contributed by atoms with Gasteiger partial charge in [0.25, 0.3) is 5.91 Å². The van der Waals surface area contributed by atoms with Crippen LogP contribution in [0.5, 0.6) is 11.5 Å². The van der Waals surface area contributed by atoms with Gasteiger partial charge in [0.15, 0.2) is 14.6 Å². The number of amides is 1. The van der Waals surface area contributed by atoms with Crippen molar-refractivity contribution in [1.29, 1.82) is 0 Å². The van der Waals surface area contributed by atoms with E-state index in [2.05, 4.69) is 10.9 Å². The zero-order valence-electron chi connectivity index (χ0n) is 17.1. The molecule has 0 fully saturated rings. The maximum atomic E-state index is 12.8. The first-order valence-corrected chi connectivity index (χ1v) is 12.2. The van der Waals surface area contributed by atoms with Crippen molar-refractivity contribution < 1.29 is 17.9 Å². The Kier molecular flexibility index (Phi) is 5.95. The molecule has 3 aromatic carbocycles. The standard InChI is InChI=1S/C24H18N2O4S2/c1-3-15-26-21-14-13-20(32(2,28)29)16-22(21)31-24(26)25-23(27)17-9-11-19(12-10-17)30-18-7-5-4-6-8-18/h1,4-14,16H,15H2,2H3. The largest absolute Gasteiger partial charge is 0.457 e. The van der Waals surface area contributed by atoms with E-state index in [-0.39, 0.29) is 11.4 Å². The minimum absolute atomic E-state index is 0.200. The Morgan fingerprint density at radius 2 is 1.75 bits per heavy atom. The number of ether oxygens (including phenoxy) is 1. The van der Waals surface area contributed by atoms with Gasteiger partial charge in [0, 0.05) is 11.8 Å². The molecule has 4 rings (SSSR count).